The number of benzene rings is 1. The number of hydrogen-bond acceptors (Lipinski definition) is 2. The fourth-order valence-electron chi connectivity index (χ4n) is 1.75. The van der Waals surface area contributed by atoms with Crippen LogP contribution in [-0.4, -0.2) is 10.1 Å². The third kappa shape index (κ3) is 3.06. The molecular formula is C14H13ClFNO. The highest BCUT2D eigenvalue weighted by atomic mass is 35.5. The Morgan fingerprint density at radius 2 is 2.11 bits per heavy atom. The largest absolute Gasteiger partial charge is 0.386 e. The van der Waals surface area contributed by atoms with E-state index in [-0.39, 0.29) is 5.82 Å². The van der Waals surface area contributed by atoms with Crippen molar-refractivity contribution < 1.29 is 9.50 Å². The minimum absolute atomic E-state index is 0.315. The highest BCUT2D eigenvalue weighted by Crippen LogP contribution is 2.23. The van der Waals surface area contributed by atoms with E-state index in [1.54, 1.807) is 12.1 Å². The summed E-state index contributed by atoms with van der Waals surface area (Å²) < 4.78 is 12.9. The van der Waals surface area contributed by atoms with Gasteiger partial charge in [-0.3, -0.25) is 4.98 Å². The van der Waals surface area contributed by atoms with E-state index in [1.807, 2.05) is 19.1 Å². The zero-order chi connectivity index (χ0) is 13.1. The smallest absolute Gasteiger partial charge is 0.124 e. The molecular weight excluding hydrogens is 253 g/mol. The first-order valence-corrected chi connectivity index (χ1v) is 5.99. The van der Waals surface area contributed by atoms with Gasteiger partial charge in [0.15, 0.2) is 0 Å². The molecule has 1 aromatic heterocycles. The Kier molecular flexibility index (Phi) is 3.94. The average molecular weight is 266 g/mol. The predicted octanol–water partition coefficient (Wildman–Crippen LogP) is 3.46. The molecule has 0 saturated heterocycles. The van der Waals surface area contributed by atoms with Crippen LogP contribution in [-0.2, 0) is 6.42 Å². The molecule has 1 heterocycles. The van der Waals surface area contributed by atoms with Crippen LogP contribution in [0, 0.1) is 12.7 Å². The summed E-state index contributed by atoms with van der Waals surface area (Å²) in [7, 11) is 0. The molecule has 2 rings (SSSR count). The van der Waals surface area contributed by atoms with Gasteiger partial charge in [-0.05, 0) is 36.8 Å². The van der Waals surface area contributed by atoms with Crippen LogP contribution in [0.5, 0.6) is 0 Å². The molecule has 0 aliphatic heterocycles. The van der Waals surface area contributed by atoms with Gasteiger partial charge in [0.05, 0.1) is 5.69 Å². The van der Waals surface area contributed by atoms with Crippen molar-refractivity contribution in [2.24, 2.45) is 0 Å². The van der Waals surface area contributed by atoms with Gasteiger partial charge in [-0.2, -0.15) is 0 Å². The molecule has 0 aliphatic rings. The summed E-state index contributed by atoms with van der Waals surface area (Å²) in [6.45, 7) is 1.86. The molecule has 2 aromatic rings. The Labute approximate surface area is 110 Å². The van der Waals surface area contributed by atoms with E-state index in [0.29, 0.717) is 22.7 Å². The lowest BCUT2D eigenvalue weighted by Crippen LogP contribution is -2.05. The highest BCUT2D eigenvalue weighted by Gasteiger charge is 2.12. The van der Waals surface area contributed by atoms with Crippen molar-refractivity contribution in [3.8, 4) is 0 Å². The number of halogens is 2. The van der Waals surface area contributed by atoms with E-state index in [9.17, 15) is 9.50 Å². The third-order valence-corrected chi connectivity index (χ3v) is 3.03. The number of hydrogen-bond donors (Lipinski definition) is 1. The number of aliphatic hydroxyl groups excluding tert-OH is 1. The first-order chi connectivity index (χ1) is 8.56. The Balaban J connectivity index is 2.18. The quantitative estimate of drug-likeness (QED) is 0.922. The molecule has 0 amide bonds. The van der Waals surface area contributed by atoms with E-state index in [0.717, 1.165) is 5.69 Å². The second kappa shape index (κ2) is 5.46. The molecule has 1 unspecified atom stereocenters. The lowest BCUT2D eigenvalue weighted by atomic mass is 10.0. The minimum Gasteiger partial charge on any atom is -0.386 e. The van der Waals surface area contributed by atoms with Gasteiger partial charge in [-0.15, -0.1) is 0 Å². The molecule has 0 radical (unpaired) electrons. The second-order valence-corrected chi connectivity index (χ2v) is 4.57. The van der Waals surface area contributed by atoms with E-state index in [1.165, 1.54) is 12.1 Å². The van der Waals surface area contributed by atoms with Crippen LogP contribution < -0.4 is 0 Å². The molecule has 4 heteroatoms. The van der Waals surface area contributed by atoms with E-state index < -0.39 is 6.10 Å². The Bertz CT molecular complexity index is 559. The lowest BCUT2D eigenvalue weighted by Gasteiger charge is -2.12. The summed E-state index contributed by atoms with van der Waals surface area (Å²) in [6, 6.07) is 9.62. The van der Waals surface area contributed by atoms with Gasteiger partial charge in [0.25, 0.3) is 0 Å². The Hall–Kier alpha value is -1.45. The molecule has 0 spiro atoms. The van der Waals surface area contributed by atoms with E-state index in [2.05, 4.69) is 4.98 Å². The summed E-state index contributed by atoms with van der Waals surface area (Å²) >= 11 is 5.92. The standard InChI is InChI=1S/C14H13ClFNO/c1-9-3-2-4-13(17-9)14(18)7-10-5-6-11(16)8-12(10)15/h2-6,8,14,18H,7H2,1H3. The second-order valence-electron chi connectivity index (χ2n) is 4.16. The lowest BCUT2D eigenvalue weighted by molar-refractivity contribution is 0.173. The minimum atomic E-state index is -0.743. The Morgan fingerprint density at radius 1 is 1.33 bits per heavy atom. The number of pyridine rings is 1. The normalized spacial score (nSPS) is 12.4. The van der Waals surface area contributed by atoms with Crippen molar-refractivity contribution in [1.29, 1.82) is 0 Å². The Morgan fingerprint density at radius 3 is 2.78 bits per heavy atom. The number of rotatable bonds is 3. The SMILES string of the molecule is Cc1cccc(C(O)Cc2ccc(F)cc2Cl)n1. The molecule has 94 valence electrons. The highest BCUT2D eigenvalue weighted by molar-refractivity contribution is 6.31. The molecule has 0 saturated carbocycles. The maximum atomic E-state index is 12.9. The molecule has 2 nitrogen and oxygen atoms in total. The van der Waals surface area contributed by atoms with Gasteiger partial charge < -0.3 is 5.11 Å². The van der Waals surface area contributed by atoms with E-state index >= 15 is 0 Å². The molecule has 1 aromatic carbocycles. The summed E-state index contributed by atoms with van der Waals surface area (Å²) in [6.07, 6.45) is -0.428. The summed E-state index contributed by atoms with van der Waals surface area (Å²) in [5.41, 5.74) is 2.14. The van der Waals surface area contributed by atoms with Crippen molar-refractivity contribution >= 4 is 11.6 Å². The van der Waals surface area contributed by atoms with Crippen LogP contribution in [0.4, 0.5) is 4.39 Å². The van der Waals surface area contributed by atoms with Crippen molar-refractivity contribution in [1.82, 2.24) is 4.98 Å². The number of aliphatic hydroxyl groups is 1. The van der Waals surface area contributed by atoms with Gasteiger partial charge >= 0.3 is 0 Å². The summed E-state index contributed by atoms with van der Waals surface area (Å²) in [5, 5.41) is 10.4. The first-order valence-electron chi connectivity index (χ1n) is 5.62. The third-order valence-electron chi connectivity index (χ3n) is 2.68. The molecule has 18 heavy (non-hydrogen) atoms. The van der Waals surface area contributed by atoms with Crippen molar-refractivity contribution in [3.63, 3.8) is 0 Å². The van der Waals surface area contributed by atoms with Gasteiger partial charge in [-0.25, -0.2) is 4.39 Å². The average Bonchev–Trinajstić information content (AvgIpc) is 2.32. The topological polar surface area (TPSA) is 33.1 Å². The van der Waals surface area contributed by atoms with Gasteiger partial charge in [-0.1, -0.05) is 23.7 Å². The fourth-order valence-corrected chi connectivity index (χ4v) is 1.99. The number of aromatic nitrogens is 1. The van der Waals surface area contributed by atoms with Gasteiger partial charge in [0, 0.05) is 17.1 Å². The summed E-state index contributed by atoms with van der Waals surface area (Å²) in [5.74, 6) is -0.382. The van der Waals surface area contributed by atoms with Crippen LogP contribution in [0.1, 0.15) is 23.1 Å². The maximum absolute atomic E-state index is 12.9. The van der Waals surface area contributed by atoms with Crippen LogP contribution in [0.3, 0.4) is 0 Å². The zero-order valence-electron chi connectivity index (χ0n) is 9.90. The number of nitrogens with zero attached hydrogens (tertiary/aromatic N) is 1. The maximum Gasteiger partial charge on any atom is 0.124 e. The van der Waals surface area contributed by atoms with Crippen molar-refractivity contribution in [3.05, 3.63) is 64.2 Å². The molecule has 0 aliphatic carbocycles. The fraction of sp³-hybridized carbons (Fsp3) is 0.214. The molecule has 1 N–H and O–H groups in total. The van der Waals surface area contributed by atoms with Crippen LogP contribution in [0.2, 0.25) is 5.02 Å². The monoisotopic (exact) mass is 265 g/mol. The molecule has 0 fully saturated rings. The van der Waals surface area contributed by atoms with Gasteiger partial charge in [0.2, 0.25) is 0 Å². The van der Waals surface area contributed by atoms with Crippen LogP contribution in [0.25, 0.3) is 0 Å². The van der Waals surface area contributed by atoms with Gasteiger partial charge in [0.1, 0.15) is 11.9 Å². The van der Waals surface area contributed by atoms with Crippen molar-refractivity contribution in [2.75, 3.05) is 0 Å². The van der Waals surface area contributed by atoms with E-state index in [4.69, 9.17) is 11.6 Å². The molecule has 1 atom stereocenters. The summed E-state index contributed by atoms with van der Waals surface area (Å²) in [4.78, 5) is 4.25. The first kappa shape index (κ1) is 13.0. The van der Waals surface area contributed by atoms with Crippen molar-refractivity contribution in [2.45, 2.75) is 19.4 Å². The van der Waals surface area contributed by atoms with Crippen LogP contribution >= 0.6 is 11.6 Å². The number of aryl methyl sites for hydroxylation is 1. The zero-order valence-corrected chi connectivity index (χ0v) is 10.7. The predicted molar refractivity (Wildman–Crippen MR) is 69.0 cm³/mol. The van der Waals surface area contributed by atoms with Crippen LogP contribution in [0.15, 0.2) is 36.4 Å². The molecule has 0 bridgehead atoms.